The molecule has 0 aromatic heterocycles. The average molecular weight is 319 g/mol. The van der Waals surface area contributed by atoms with Crippen molar-refractivity contribution in [2.75, 3.05) is 19.8 Å². The number of unbranched alkanes of at least 4 members (excludes halogenated alkanes) is 3. The third-order valence-electron chi connectivity index (χ3n) is 4.75. The van der Waals surface area contributed by atoms with Crippen molar-refractivity contribution in [2.45, 2.75) is 63.6 Å². The Balaban J connectivity index is 1.40. The van der Waals surface area contributed by atoms with Gasteiger partial charge in [0.1, 0.15) is 18.3 Å². The molecule has 128 valence electrons. The Labute approximate surface area is 139 Å². The molecule has 0 spiro atoms. The Morgan fingerprint density at radius 3 is 2.70 bits per heavy atom. The van der Waals surface area contributed by atoms with Crippen LogP contribution in [-0.4, -0.2) is 44.1 Å². The van der Waals surface area contributed by atoms with Crippen molar-refractivity contribution in [1.29, 1.82) is 0 Å². The first-order chi connectivity index (χ1) is 11.4. The van der Waals surface area contributed by atoms with E-state index in [9.17, 15) is 0 Å². The van der Waals surface area contributed by atoms with Gasteiger partial charge in [-0.25, -0.2) is 0 Å². The van der Waals surface area contributed by atoms with Crippen LogP contribution < -0.4 is 5.32 Å². The van der Waals surface area contributed by atoms with E-state index in [0.717, 1.165) is 13.2 Å². The van der Waals surface area contributed by atoms with Crippen LogP contribution in [0.25, 0.3) is 0 Å². The largest absolute Gasteiger partial charge is 0.371 e. The lowest BCUT2D eigenvalue weighted by atomic mass is 10.1. The molecule has 23 heavy (non-hydrogen) atoms. The van der Waals surface area contributed by atoms with Crippen LogP contribution in [0.5, 0.6) is 0 Å². The lowest BCUT2D eigenvalue weighted by molar-refractivity contribution is -0.0393. The molecule has 4 nitrogen and oxygen atoms in total. The first-order valence-electron chi connectivity index (χ1n) is 9.00. The van der Waals surface area contributed by atoms with Crippen LogP contribution in [0.2, 0.25) is 0 Å². The summed E-state index contributed by atoms with van der Waals surface area (Å²) in [6.07, 6.45) is 5.40. The van der Waals surface area contributed by atoms with E-state index < -0.39 is 0 Å². The Morgan fingerprint density at radius 2 is 1.87 bits per heavy atom. The predicted octanol–water partition coefficient (Wildman–Crippen LogP) is 2.91. The number of hydrogen-bond donors (Lipinski definition) is 1. The van der Waals surface area contributed by atoms with Gasteiger partial charge in [0.15, 0.2) is 0 Å². The van der Waals surface area contributed by atoms with E-state index in [-0.39, 0.29) is 18.3 Å². The van der Waals surface area contributed by atoms with Crippen LogP contribution in [-0.2, 0) is 20.8 Å². The zero-order valence-electron chi connectivity index (χ0n) is 14.1. The van der Waals surface area contributed by atoms with Crippen LogP contribution in [0.1, 0.15) is 38.2 Å². The fourth-order valence-corrected chi connectivity index (χ4v) is 3.40. The number of ether oxygens (including phenoxy) is 3. The smallest absolute Gasteiger partial charge is 0.114 e. The third kappa shape index (κ3) is 4.54. The molecule has 1 aromatic rings. The lowest BCUT2D eigenvalue weighted by Crippen LogP contribution is -2.41. The molecule has 0 amide bonds. The quantitative estimate of drug-likeness (QED) is 0.711. The molecule has 2 aliphatic rings. The van der Waals surface area contributed by atoms with Crippen molar-refractivity contribution in [3.05, 3.63) is 35.9 Å². The maximum atomic E-state index is 6.03. The highest BCUT2D eigenvalue weighted by molar-refractivity contribution is 5.13. The zero-order valence-corrected chi connectivity index (χ0v) is 14.1. The average Bonchev–Trinajstić information content (AvgIpc) is 3.16. The van der Waals surface area contributed by atoms with Crippen LogP contribution in [0.4, 0.5) is 0 Å². The van der Waals surface area contributed by atoms with Crippen LogP contribution in [0, 0.1) is 0 Å². The molecule has 0 unspecified atom stereocenters. The van der Waals surface area contributed by atoms with Crippen LogP contribution in [0.3, 0.4) is 0 Å². The predicted molar refractivity (Wildman–Crippen MR) is 90.4 cm³/mol. The van der Waals surface area contributed by atoms with Crippen molar-refractivity contribution in [3.63, 3.8) is 0 Å². The summed E-state index contributed by atoms with van der Waals surface area (Å²) in [5.74, 6) is 0. The van der Waals surface area contributed by atoms with Gasteiger partial charge in [0.05, 0.1) is 25.9 Å². The lowest BCUT2D eigenvalue weighted by Gasteiger charge is -2.18. The number of fused-ring (bicyclic) bond motifs is 1. The SMILES string of the molecule is CCCCCCN[C@@H]1CO[C@H]2[C@@H]1OC[C@H]2OCc1ccccc1. The fraction of sp³-hybridized carbons (Fsp3) is 0.684. The molecule has 0 saturated carbocycles. The van der Waals surface area contributed by atoms with Gasteiger partial charge in [-0.05, 0) is 18.5 Å². The van der Waals surface area contributed by atoms with Crippen molar-refractivity contribution in [2.24, 2.45) is 0 Å². The molecule has 0 aliphatic carbocycles. The molecule has 2 fully saturated rings. The third-order valence-corrected chi connectivity index (χ3v) is 4.75. The minimum atomic E-state index is 0.0482. The minimum Gasteiger partial charge on any atom is -0.371 e. The van der Waals surface area contributed by atoms with Gasteiger partial charge in [0, 0.05) is 0 Å². The molecule has 3 rings (SSSR count). The van der Waals surface area contributed by atoms with Crippen molar-refractivity contribution < 1.29 is 14.2 Å². The van der Waals surface area contributed by atoms with E-state index >= 15 is 0 Å². The minimum absolute atomic E-state index is 0.0482. The normalized spacial score (nSPS) is 29.8. The Hall–Kier alpha value is -0.940. The summed E-state index contributed by atoms with van der Waals surface area (Å²) in [5, 5.41) is 3.60. The molecular formula is C19H29NO3. The molecule has 4 atom stereocenters. The Morgan fingerprint density at radius 1 is 1.04 bits per heavy atom. The van der Waals surface area contributed by atoms with Gasteiger partial charge >= 0.3 is 0 Å². The monoisotopic (exact) mass is 319 g/mol. The number of rotatable bonds is 9. The van der Waals surface area contributed by atoms with E-state index in [0.29, 0.717) is 19.3 Å². The van der Waals surface area contributed by atoms with Crippen molar-refractivity contribution in [3.8, 4) is 0 Å². The second-order valence-electron chi connectivity index (χ2n) is 6.55. The van der Waals surface area contributed by atoms with E-state index in [1.54, 1.807) is 0 Å². The van der Waals surface area contributed by atoms with Crippen molar-refractivity contribution in [1.82, 2.24) is 5.32 Å². The van der Waals surface area contributed by atoms with Crippen LogP contribution in [0.15, 0.2) is 30.3 Å². The highest BCUT2D eigenvalue weighted by atomic mass is 16.6. The van der Waals surface area contributed by atoms with Gasteiger partial charge < -0.3 is 19.5 Å². The molecule has 2 heterocycles. The molecular weight excluding hydrogens is 290 g/mol. The van der Waals surface area contributed by atoms with Gasteiger partial charge in [-0.1, -0.05) is 56.5 Å². The van der Waals surface area contributed by atoms with E-state index in [4.69, 9.17) is 14.2 Å². The molecule has 1 N–H and O–H groups in total. The maximum absolute atomic E-state index is 6.03. The number of hydrogen-bond acceptors (Lipinski definition) is 4. The summed E-state index contributed by atoms with van der Waals surface area (Å²) in [4.78, 5) is 0. The standard InChI is InChI=1S/C19H29NO3/c1-2-3-4-8-11-20-16-13-22-19-17(14-23-18(16)19)21-12-15-9-6-5-7-10-15/h5-7,9-10,16-20H,2-4,8,11-14H2,1H3/t16-,17-,18-,19-/m1/s1. The summed E-state index contributed by atoms with van der Waals surface area (Å²) in [7, 11) is 0. The molecule has 4 heteroatoms. The zero-order chi connectivity index (χ0) is 15.9. The molecule has 0 radical (unpaired) electrons. The molecule has 2 saturated heterocycles. The summed E-state index contributed by atoms with van der Waals surface area (Å²) in [6.45, 7) is 5.28. The Kier molecular flexibility index (Phi) is 6.46. The van der Waals surface area contributed by atoms with Gasteiger partial charge in [-0.2, -0.15) is 0 Å². The summed E-state index contributed by atoms with van der Waals surface area (Å²) in [5.41, 5.74) is 1.19. The number of benzene rings is 1. The number of nitrogens with one attached hydrogen (secondary N) is 1. The van der Waals surface area contributed by atoms with Gasteiger partial charge in [-0.3, -0.25) is 0 Å². The van der Waals surface area contributed by atoms with E-state index in [1.807, 2.05) is 18.2 Å². The first-order valence-corrected chi connectivity index (χ1v) is 9.00. The van der Waals surface area contributed by atoms with Gasteiger partial charge in [0.25, 0.3) is 0 Å². The molecule has 2 aliphatic heterocycles. The summed E-state index contributed by atoms with van der Waals surface area (Å²) in [6, 6.07) is 10.6. The first kappa shape index (κ1) is 16.9. The fourth-order valence-electron chi connectivity index (χ4n) is 3.40. The highest BCUT2D eigenvalue weighted by Gasteiger charge is 2.47. The second kappa shape index (κ2) is 8.78. The van der Waals surface area contributed by atoms with Crippen molar-refractivity contribution >= 4 is 0 Å². The van der Waals surface area contributed by atoms with Gasteiger partial charge in [-0.15, -0.1) is 0 Å². The maximum Gasteiger partial charge on any atom is 0.114 e. The van der Waals surface area contributed by atoms with Gasteiger partial charge in [0.2, 0.25) is 0 Å². The highest BCUT2D eigenvalue weighted by Crippen LogP contribution is 2.29. The van der Waals surface area contributed by atoms with E-state index in [2.05, 4.69) is 24.4 Å². The van der Waals surface area contributed by atoms with E-state index in [1.165, 1.54) is 31.2 Å². The summed E-state index contributed by atoms with van der Waals surface area (Å²) >= 11 is 0. The topological polar surface area (TPSA) is 39.7 Å². The second-order valence-corrected chi connectivity index (χ2v) is 6.55. The Bertz CT molecular complexity index is 453. The molecule has 0 bridgehead atoms. The summed E-state index contributed by atoms with van der Waals surface area (Å²) < 4.78 is 17.9. The van der Waals surface area contributed by atoms with Crippen LogP contribution >= 0.6 is 0 Å². The molecule has 1 aromatic carbocycles.